The number of nitrogens with zero attached hydrogens (tertiary/aromatic N) is 3. The van der Waals surface area contributed by atoms with E-state index in [1.165, 1.54) is 7.11 Å². The molecule has 0 aliphatic carbocycles. The van der Waals surface area contributed by atoms with Gasteiger partial charge < -0.3 is 18.9 Å². The molecular weight excluding hydrogens is 300 g/mol. The Hall–Kier alpha value is -1.61. The zero-order valence-corrected chi connectivity index (χ0v) is 12.6. The Morgan fingerprint density at radius 2 is 2.32 bits per heavy atom. The summed E-state index contributed by atoms with van der Waals surface area (Å²) in [7, 11) is 1.53. The van der Waals surface area contributed by atoms with Crippen LogP contribution in [0.3, 0.4) is 0 Å². The number of carbonyl (C=O) groups excluding carboxylic acids is 1. The van der Waals surface area contributed by atoms with Crippen molar-refractivity contribution in [2.75, 3.05) is 33.5 Å². The Labute approximate surface area is 126 Å². The molecule has 1 fully saturated rings. The first-order valence-corrected chi connectivity index (χ1v) is 7.03. The van der Waals surface area contributed by atoms with Crippen molar-refractivity contribution in [1.29, 1.82) is 0 Å². The molecule has 1 amide bonds. The molecule has 0 bridgehead atoms. The number of aromatic nitrogens is 2. The van der Waals surface area contributed by atoms with E-state index in [1.807, 2.05) is 0 Å². The van der Waals surface area contributed by atoms with Crippen molar-refractivity contribution in [3.63, 3.8) is 0 Å². The number of halogens is 2. The van der Waals surface area contributed by atoms with Gasteiger partial charge in [-0.2, -0.15) is 4.98 Å². The highest BCUT2D eigenvalue weighted by Gasteiger charge is 2.49. The molecule has 0 N–H and O–H groups in total. The smallest absolute Gasteiger partial charge is 0.267 e. The Morgan fingerprint density at radius 1 is 1.55 bits per heavy atom. The number of rotatable bonds is 7. The van der Waals surface area contributed by atoms with E-state index in [0.29, 0.717) is 25.5 Å². The van der Waals surface area contributed by atoms with E-state index < -0.39 is 30.8 Å². The number of methoxy groups -OCH3 is 1. The number of carbonyl (C=O) groups is 1. The predicted octanol–water partition coefficient (Wildman–Crippen LogP) is 1.20. The van der Waals surface area contributed by atoms with Crippen LogP contribution >= 0.6 is 0 Å². The van der Waals surface area contributed by atoms with Gasteiger partial charge in [0, 0.05) is 26.6 Å². The lowest BCUT2D eigenvalue weighted by Crippen LogP contribution is -2.35. The third-order valence-corrected chi connectivity index (χ3v) is 3.32. The van der Waals surface area contributed by atoms with E-state index in [0.717, 1.165) is 4.90 Å². The van der Waals surface area contributed by atoms with Gasteiger partial charge >= 0.3 is 0 Å². The summed E-state index contributed by atoms with van der Waals surface area (Å²) in [5.41, 5.74) is 0. The molecular formula is C13H19F2N3O4. The first kappa shape index (κ1) is 16.8. The molecule has 22 heavy (non-hydrogen) atoms. The fourth-order valence-corrected chi connectivity index (χ4v) is 2.27. The Balaban J connectivity index is 2.11. The molecule has 0 spiro atoms. The molecule has 1 aliphatic rings. The largest absolute Gasteiger partial charge is 0.384 e. The van der Waals surface area contributed by atoms with Gasteiger partial charge in [-0.05, 0) is 6.92 Å². The topological polar surface area (TPSA) is 77.7 Å². The molecule has 0 aromatic carbocycles. The maximum Gasteiger partial charge on any atom is 0.267 e. The molecule has 1 atom stereocenters. The number of hydrogen-bond acceptors (Lipinski definition) is 6. The quantitative estimate of drug-likeness (QED) is 0.751. The van der Waals surface area contributed by atoms with Crippen molar-refractivity contribution in [3.8, 4) is 0 Å². The van der Waals surface area contributed by atoms with Crippen LogP contribution in [-0.2, 0) is 20.7 Å². The van der Waals surface area contributed by atoms with Crippen LogP contribution in [0.15, 0.2) is 4.52 Å². The maximum absolute atomic E-state index is 13.7. The summed E-state index contributed by atoms with van der Waals surface area (Å²) < 4.78 is 42.3. The van der Waals surface area contributed by atoms with E-state index >= 15 is 0 Å². The summed E-state index contributed by atoms with van der Waals surface area (Å²) in [4.78, 5) is 17.1. The van der Waals surface area contributed by atoms with E-state index in [-0.39, 0.29) is 12.5 Å². The average Bonchev–Trinajstić information content (AvgIpc) is 3.06. The van der Waals surface area contributed by atoms with Crippen molar-refractivity contribution in [2.24, 2.45) is 0 Å². The summed E-state index contributed by atoms with van der Waals surface area (Å²) in [6.45, 7) is 1.55. The van der Waals surface area contributed by atoms with Crippen molar-refractivity contribution >= 4 is 5.91 Å². The molecule has 124 valence electrons. The van der Waals surface area contributed by atoms with Gasteiger partial charge in [-0.15, -0.1) is 0 Å². The summed E-state index contributed by atoms with van der Waals surface area (Å²) in [5.74, 6) is -3.11. The van der Waals surface area contributed by atoms with Crippen LogP contribution in [0.4, 0.5) is 8.78 Å². The number of hydrogen-bond donors (Lipinski definition) is 0. The molecule has 1 aromatic heterocycles. The molecule has 7 nitrogen and oxygen atoms in total. The molecule has 2 rings (SSSR count). The number of ether oxygens (including phenoxy) is 2. The Morgan fingerprint density at radius 3 is 3.00 bits per heavy atom. The third-order valence-electron chi connectivity index (χ3n) is 3.32. The van der Waals surface area contributed by atoms with E-state index in [2.05, 4.69) is 10.1 Å². The highest BCUT2D eigenvalue weighted by atomic mass is 19.3. The average molecular weight is 319 g/mol. The standard InChI is InChI=1S/C13H19F2N3O4/c1-3-21-7-11(19)18-8-13(14,15)6-9(18)12-16-10(17-22-12)4-5-20-2/h9H,3-8H2,1-2H3/t9-/m0/s1. The molecule has 0 unspecified atom stereocenters. The minimum absolute atomic E-state index is 0.0214. The lowest BCUT2D eigenvalue weighted by molar-refractivity contribution is -0.138. The molecule has 2 heterocycles. The molecule has 1 aromatic rings. The Kier molecular flexibility index (Phi) is 5.41. The minimum atomic E-state index is -2.98. The predicted molar refractivity (Wildman–Crippen MR) is 70.4 cm³/mol. The summed E-state index contributed by atoms with van der Waals surface area (Å²) in [6, 6.07) is -0.924. The van der Waals surface area contributed by atoms with Crippen LogP contribution in [0, 0.1) is 0 Å². The minimum Gasteiger partial charge on any atom is -0.384 e. The first-order valence-electron chi connectivity index (χ1n) is 7.03. The van der Waals surface area contributed by atoms with Crippen molar-refractivity contribution in [3.05, 3.63) is 11.7 Å². The second-order valence-electron chi connectivity index (χ2n) is 5.03. The third kappa shape index (κ3) is 3.98. The van der Waals surface area contributed by atoms with Crippen LogP contribution in [0.25, 0.3) is 0 Å². The SMILES string of the molecule is CCOCC(=O)N1CC(F)(F)C[C@H]1c1nc(CCOC)no1. The van der Waals surface area contributed by atoms with Gasteiger partial charge in [0.15, 0.2) is 5.82 Å². The normalized spacial score (nSPS) is 20.5. The van der Waals surface area contributed by atoms with Crippen LogP contribution in [-0.4, -0.2) is 60.3 Å². The van der Waals surface area contributed by atoms with E-state index in [9.17, 15) is 13.6 Å². The van der Waals surface area contributed by atoms with Gasteiger partial charge in [-0.3, -0.25) is 4.79 Å². The van der Waals surface area contributed by atoms with Gasteiger partial charge in [0.2, 0.25) is 11.8 Å². The van der Waals surface area contributed by atoms with Crippen molar-refractivity contribution in [2.45, 2.75) is 31.7 Å². The first-order chi connectivity index (χ1) is 10.5. The molecule has 1 aliphatic heterocycles. The molecule has 0 saturated carbocycles. The van der Waals surface area contributed by atoms with Gasteiger partial charge in [0.1, 0.15) is 12.6 Å². The lowest BCUT2D eigenvalue weighted by Gasteiger charge is -2.20. The second-order valence-corrected chi connectivity index (χ2v) is 5.03. The van der Waals surface area contributed by atoms with E-state index in [1.54, 1.807) is 6.92 Å². The van der Waals surface area contributed by atoms with Crippen LogP contribution in [0.5, 0.6) is 0 Å². The lowest BCUT2D eigenvalue weighted by atomic mass is 10.2. The number of amides is 1. The van der Waals surface area contributed by atoms with Gasteiger partial charge in [0.05, 0.1) is 13.2 Å². The zero-order valence-electron chi connectivity index (χ0n) is 12.6. The van der Waals surface area contributed by atoms with Gasteiger partial charge in [0.25, 0.3) is 5.92 Å². The second kappa shape index (κ2) is 7.10. The maximum atomic E-state index is 13.7. The van der Waals surface area contributed by atoms with E-state index in [4.69, 9.17) is 14.0 Å². The zero-order chi connectivity index (χ0) is 16.2. The number of likely N-dealkylation sites (tertiary alicyclic amines) is 1. The molecule has 1 saturated heterocycles. The fraction of sp³-hybridized carbons (Fsp3) is 0.769. The number of alkyl halides is 2. The molecule has 9 heteroatoms. The summed E-state index contributed by atoms with van der Waals surface area (Å²) in [6.07, 6.45) is -0.118. The fourth-order valence-electron chi connectivity index (χ4n) is 2.27. The highest BCUT2D eigenvalue weighted by molar-refractivity contribution is 5.78. The highest BCUT2D eigenvalue weighted by Crippen LogP contribution is 2.40. The molecule has 0 radical (unpaired) electrons. The van der Waals surface area contributed by atoms with Crippen LogP contribution < -0.4 is 0 Å². The Bertz CT molecular complexity index is 509. The van der Waals surface area contributed by atoms with Gasteiger partial charge in [-0.25, -0.2) is 8.78 Å². The summed E-state index contributed by atoms with van der Waals surface area (Å²) in [5, 5.41) is 3.72. The van der Waals surface area contributed by atoms with Crippen LogP contribution in [0.2, 0.25) is 0 Å². The van der Waals surface area contributed by atoms with Crippen LogP contribution in [0.1, 0.15) is 31.1 Å². The monoisotopic (exact) mass is 319 g/mol. The van der Waals surface area contributed by atoms with Gasteiger partial charge in [-0.1, -0.05) is 5.16 Å². The summed E-state index contributed by atoms with van der Waals surface area (Å²) >= 11 is 0. The van der Waals surface area contributed by atoms with Crippen molar-refractivity contribution in [1.82, 2.24) is 15.0 Å². The van der Waals surface area contributed by atoms with Crippen molar-refractivity contribution < 1.29 is 27.6 Å².